The Balaban J connectivity index is 1.62. The fraction of sp³-hybridized carbons (Fsp3) is 0.286. The van der Waals surface area contributed by atoms with Crippen molar-refractivity contribution in [1.82, 2.24) is 20.6 Å². The fourth-order valence-corrected chi connectivity index (χ4v) is 2.23. The summed E-state index contributed by atoms with van der Waals surface area (Å²) in [4.78, 5) is 31.3. The van der Waals surface area contributed by atoms with Crippen molar-refractivity contribution in [3.05, 3.63) is 29.0 Å². The summed E-state index contributed by atoms with van der Waals surface area (Å²) < 4.78 is 6.25. The van der Waals surface area contributed by atoms with Crippen LogP contribution < -0.4 is 15.4 Å². The third-order valence-corrected chi connectivity index (χ3v) is 3.56. The summed E-state index contributed by atoms with van der Waals surface area (Å²) in [5.74, 6) is -0.232. The van der Waals surface area contributed by atoms with Crippen LogP contribution in [0.25, 0.3) is 10.9 Å². The predicted molar refractivity (Wildman–Crippen MR) is 82.4 cm³/mol. The molecule has 1 heterocycles. The number of halogens is 1. The molecule has 7 nitrogen and oxygen atoms in total. The molecule has 0 aliphatic heterocycles. The Morgan fingerprint density at radius 2 is 2.14 bits per heavy atom. The van der Waals surface area contributed by atoms with Crippen LogP contribution in [0.4, 0.5) is 4.79 Å². The van der Waals surface area contributed by atoms with Crippen LogP contribution in [0.2, 0.25) is 0 Å². The SMILES string of the molecule is O=C(COc1ncnc2ccc(Br)cc12)NC(=O)NC1CC1. The lowest BCUT2D eigenvalue weighted by Crippen LogP contribution is -2.42. The summed E-state index contributed by atoms with van der Waals surface area (Å²) in [7, 11) is 0. The van der Waals surface area contributed by atoms with Gasteiger partial charge in [0, 0.05) is 10.5 Å². The number of nitrogens with one attached hydrogen (secondary N) is 2. The molecule has 0 bridgehead atoms. The van der Waals surface area contributed by atoms with E-state index in [4.69, 9.17) is 4.74 Å². The number of ether oxygens (including phenoxy) is 1. The second kappa shape index (κ2) is 6.27. The number of imide groups is 1. The van der Waals surface area contributed by atoms with E-state index < -0.39 is 11.9 Å². The topological polar surface area (TPSA) is 93.2 Å². The van der Waals surface area contributed by atoms with Crippen molar-refractivity contribution in [2.45, 2.75) is 18.9 Å². The van der Waals surface area contributed by atoms with Crippen LogP contribution in [-0.4, -0.2) is 34.6 Å². The van der Waals surface area contributed by atoms with Gasteiger partial charge in [-0.15, -0.1) is 0 Å². The highest BCUT2D eigenvalue weighted by atomic mass is 79.9. The van der Waals surface area contributed by atoms with Gasteiger partial charge in [-0.3, -0.25) is 10.1 Å². The van der Waals surface area contributed by atoms with Gasteiger partial charge < -0.3 is 10.1 Å². The Hall–Kier alpha value is -2.22. The van der Waals surface area contributed by atoms with E-state index in [0.717, 1.165) is 17.3 Å². The maximum Gasteiger partial charge on any atom is 0.321 e. The number of nitrogens with zero attached hydrogens (tertiary/aromatic N) is 2. The highest BCUT2D eigenvalue weighted by Crippen LogP contribution is 2.24. The maximum absolute atomic E-state index is 11.7. The Morgan fingerprint density at radius 3 is 2.91 bits per heavy atom. The van der Waals surface area contributed by atoms with Gasteiger partial charge in [-0.05, 0) is 31.0 Å². The van der Waals surface area contributed by atoms with Crippen LogP contribution in [0.5, 0.6) is 5.88 Å². The molecular formula is C14H13BrN4O3. The molecule has 0 radical (unpaired) electrons. The standard InChI is InChI=1S/C14H13BrN4O3/c15-8-1-4-11-10(5-8)13(17-7-16-11)22-6-12(20)19-14(21)18-9-2-3-9/h1,4-5,7,9H,2-3,6H2,(H2,18,19,20,21). The quantitative estimate of drug-likeness (QED) is 0.861. The van der Waals surface area contributed by atoms with E-state index in [9.17, 15) is 9.59 Å². The van der Waals surface area contributed by atoms with Gasteiger partial charge in [-0.25, -0.2) is 14.8 Å². The smallest absolute Gasteiger partial charge is 0.321 e. The van der Waals surface area contributed by atoms with Gasteiger partial charge in [0.1, 0.15) is 6.33 Å². The summed E-state index contributed by atoms with van der Waals surface area (Å²) in [6, 6.07) is 5.18. The number of fused-ring (bicyclic) bond motifs is 1. The first-order valence-corrected chi connectivity index (χ1v) is 7.54. The Kier molecular flexibility index (Phi) is 4.19. The molecule has 1 aromatic heterocycles. The van der Waals surface area contributed by atoms with E-state index in [1.807, 2.05) is 18.2 Å². The zero-order valence-corrected chi connectivity index (χ0v) is 13.1. The summed E-state index contributed by atoms with van der Waals surface area (Å²) >= 11 is 3.36. The molecule has 1 saturated carbocycles. The van der Waals surface area contributed by atoms with Gasteiger partial charge in [-0.2, -0.15) is 0 Å². The minimum absolute atomic E-state index is 0.192. The zero-order chi connectivity index (χ0) is 15.5. The monoisotopic (exact) mass is 364 g/mol. The van der Waals surface area contributed by atoms with Crippen LogP contribution in [0, 0.1) is 0 Å². The predicted octanol–water partition coefficient (Wildman–Crippen LogP) is 1.76. The molecule has 0 atom stereocenters. The molecular weight excluding hydrogens is 352 g/mol. The van der Waals surface area contributed by atoms with E-state index in [-0.39, 0.29) is 12.6 Å². The first-order chi connectivity index (χ1) is 10.6. The number of rotatable bonds is 4. The normalized spacial score (nSPS) is 13.7. The van der Waals surface area contributed by atoms with Crippen LogP contribution >= 0.6 is 15.9 Å². The van der Waals surface area contributed by atoms with E-state index in [1.54, 1.807) is 0 Å². The van der Waals surface area contributed by atoms with Gasteiger partial charge in [0.25, 0.3) is 5.91 Å². The molecule has 2 N–H and O–H groups in total. The van der Waals surface area contributed by atoms with E-state index in [0.29, 0.717) is 16.8 Å². The largest absolute Gasteiger partial charge is 0.467 e. The summed E-state index contributed by atoms with van der Waals surface area (Å²) in [6.45, 7) is -0.295. The van der Waals surface area contributed by atoms with Crippen LogP contribution in [-0.2, 0) is 4.79 Å². The van der Waals surface area contributed by atoms with Crippen LogP contribution in [0.3, 0.4) is 0 Å². The minimum Gasteiger partial charge on any atom is -0.467 e. The highest BCUT2D eigenvalue weighted by molar-refractivity contribution is 9.10. The van der Waals surface area contributed by atoms with Crippen molar-refractivity contribution >= 4 is 38.8 Å². The van der Waals surface area contributed by atoms with Crippen LogP contribution in [0.15, 0.2) is 29.0 Å². The first kappa shape index (κ1) is 14.7. The lowest BCUT2D eigenvalue weighted by atomic mass is 10.2. The molecule has 0 spiro atoms. The summed E-state index contributed by atoms with van der Waals surface area (Å²) in [5, 5.41) is 5.56. The third-order valence-electron chi connectivity index (χ3n) is 3.07. The van der Waals surface area contributed by atoms with Gasteiger partial charge in [0.2, 0.25) is 5.88 Å². The first-order valence-electron chi connectivity index (χ1n) is 6.75. The summed E-state index contributed by atoms with van der Waals surface area (Å²) in [6.07, 6.45) is 3.28. The van der Waals surface area contributed by atoms with Crippen LogP contribution in [0.1, 0.15) is 12.8 Å². The van der Waals surface area contributed by atoms with E-state index in [1.165, 1.54) is 6.33 Å². The molecule has 1 aliphatic carbocycles. The van der Waals surface area contributed by atoms with Gasteiger partial charge in [-0.1, -0.05) is 15.9 Å². The number of urea groups is 1. The second-order valence-electron chi connectivity index (χ2n) is 4.92. The molecule has 3 amide bonds. The van der Waals surface area contributed by atoms with Crippen molar-refractivity contribution in [2.24, 2.45) is 0 Å². The number of amides is 3. The summed E-state index contributed by atoms with van der Waals surface area (Å²) in [5.41, 5.74) is 0.708. The highest BCUT2D eigenvalue weighted by Gasteiger charge is 2.24. The Bertz CT molecular complexity index is 733. The number of carbonyl (C=O) groups excluding carboxylic acids is 2. The zero-order valence-electron chi connectivity index (χ0n) is 11.5. The molecule has 1 fully saturated rings. The molecule has 0 unspecified atom stereocenters. The van der Waals surface area contributed by atoms with Crippen molar-refractivity contribution in [2.75, 3.05) is 6.61 Å². The average molecular weight is 365 g/mol. The van der Waals surface area contributed by atoms with Crippen molar-refractivity contribution < 1.29 is 14.3 Å². The lowest BCUT2D eigenvalue weighted by molar-refractivity contribution is -0.122. The minimum atomic E-state index is -0.528. The molecule has 22 heavy (non-hydrogen) atoms. The molecule has 8 heteroatoms. The van der Waals surface area contributed by atoms with Gasteiger partial charge >= 0.3 is 6.03 Å². The molecule has 0 saturated heterocycles. The number of benzene rings is 1. The molecule has 1 aliphatic rings. The van der Waals surface area contributed by atoms with Gasteiger partial charge in [0.15, 0.2) is 6.61 Å². The lowest BCUT2D eigenvalue weighted by Gasteiger charge is -2.08. The molecule has 1 aromatic carbocycles. The average Bonchev–Trinajstić information content (AvgIpc) is 3.28. The number of hydrogen-bond acceptors (Lipinski definition) is 5. The molecule has 2 aromatic rings. The molecule has 3 rings (SSSR count). The van der Waals surface area contributed by atoms with Crippen molar-refractivity contribution in [3.8, 4) is 5.88 Å². The molecule has 114 valence electrons. The van der Waals surface area contributed by atoms with E-state index >= 15 is 0 Å². The van der Waals surface area contributed by atoms with Crippen molar-refractivity contribution in [1.29, 1.82) is 0 Å². The number of aromatic nitrogens is 2. The van der Waals surface area contributed by atoms with Crippen molar-refractivity contribution in [3.63, 3.8) is 0 Å². The Morgan fingerprint density at radius 1 is 1.32 bits per heavy atom. The number of carbonyl (C=O) groups is 2. The Labute approximate surface area is 134 Å². The number of hydrogen-bond donors (Lipinski definition) is 2. The van der Waals surface area contributed by atoms with E-state index in [2.05, 4.69) is 36.5 Å². The fourth-order valence-electron chi connectivity index (χ4n) is 1.87. The maximum atomic E-state index is 11.7. The second-order valence-corrected chi connectivity index (χ2v) is 5.84. The third kappa shape index (κ3) is 3.70. The van der Waals surface area contributed by atoms with Gasteiger partial charge in [0.05, 0.1) is 10.9 Å².